The van der Waals surface area contributed by atoms with Crippen LogP contribution < -0.4 is 10.9 Å². The molecule has 20 heavy (non-hydrogen) atoms. The van der Waals surface area contributed by atoms with Gasteiger partial charge in [-0.1, -0.05) is 26.8 Å². The van der Waals surface area contributed by atoms with Gasteiger partial charge in [-0.25, -0.2) is 0 Å². The van der Waals surface area contributed by atoms with Crippen molar-refractivity contribution in [2.24, 2.45) is 7.05 Å². The molecular formula is C16H22NO2P. The fourth-order valence-electron chi connectivity index (χ4n) is 2.59. The van der Waals surface area contributed by atoms with Gasteiger partial charge in [0.15, 0.2) is 0 Å². The van der Waals surface area contributed by atoms with E-state index in [0.29, 0.717) is 5.39 Å². The molecule has 0 aliphatic rings. The zero-order valence-corrected chi connectivity index (χ0v) is 13.9. The molecule has 0 aliphatic carbocycles. The van der Waals surface area contributed by atoms with Crippen molar-refractivity contribution in [3.8, 4) is 0 Å². The van der Waals surface area contributed by atoms with Gasteiger partial charge in [-0.2, -0.15) is 0 Å². The molecular weight excluding hydrogens is 269 g/mol. The number of rotatable bonds is 1. The number of aryl methyl sites for hydroxylation is 1. The highest BCUT2D eigenvalue weighted by molar-refractivity contribution is 7.70. The zero-order chi connectivity index (χ0) is 15.3. The summed E-state index contributed by atoms with van der Waals surface area (Å²) >= 11 is 0. The standard InChI is InChI=1S/C16H22NO2P/c1-16(2,3)13-8-7-12-11(14(13)20(5,6)19)9-10-17(4)15(12)18/h7-10H,1-6H3. The van der Waals surface area contributed by atoms with Gasteiger partial charge < -0.3 is 9.13 Å². The maximum Gasteiger partial charge on any atom is 0.258 e. The van der Waals surface area contributed by atoms with Crippen LogP contribution in [-0.4, -0.2) is 17.9 Å². The van der Waals surface area contributed by atoms with Crippen molar-refractivity contribution in [3.05, 3.63) is 40.3 Å². The minimum Gasteiger partial charge on any atom is -0.319 e. The molecule has 3 nitrogen and oxygen atoms in total. The van der Waals surface area contributed by atoms with Crippen LogP contribution in [0.15, 0.2) is 29.2 Å². The predicted molar refractivity (Wildman–Crippen MR) is 87.0 cm³/mol. The van der Waals surface area contributed by atoms with Crippen molar-refractivity contribution in [2.75, 3.05) is 13.3 Å². The van der Waals surface area contributed by atoms with Crippen LogP contribution in [0.25, 0.3) is 10.8 Å². The van der Waals surface area contributed by atoms with Crippen LogP contribution in [0.3, 0.4) is 0 Å². The van der Waals surface area contributed by atoms with Crippen LogP contribution in [0.2, 0.25) is 0 Å². The molecule has 0 atom stereocenters. The first-order chi connectivity index (χ1) is 9.03. The molecule has 0 unspecified atom stereocenters. The lowest BCUT2D eigenvalue weighted by molar-refractivity contribution is 0.581. The van der Waals surface area contributed by atoms with E-state index < -0.39 is 7.14 Å². The third-order valence-electron chi connectivity index (χ3n) is 3.58. The monoisotopic (exact) mass is 291 g/mol. The predicted octanol–water partition coefficient (Wildman–Crippen LogP) is 3.08. The number of hydrogen-bond donors (Lipinski definition) is 0. The van der Waals surface area contributed by atoms with E-state index >= 15 is 0 Å². The molecule has 0 amide bonds. The van der Waals surface area contributed by atoms with E-state index in [4.69, 9.17) is 0 Å². The average molecular weight is 291 g/mol. The quantitative estimate of drug-likeness (QED) is 0.757. The van der Waals surface area contributed by atoms with Crippen molar-refractivity contribution in [1.82, 2.24) is 4.57 Å². The molecule has 2 aromatic rings. The Hall–Kier alpha value is -1.34. The first kappa shape index (κ1) is 15.1. The van der Waals surface area contributed by atoms with Crippen LogP contribution in [0, 0.1) is 0 Å². The highest BCUT2D eigenvalue weighted by Crippen LogP contribution is 2.41. The molecule has 0 saturated heterocycles. The molecule has 2 rings (SSSR count). The van der Waals surface area contributed by atoms with E-state index in [1.165, 1.54) is 0 Å². The van der Waals surface area contributed by atoms with Gasteiger partial charge in [0.25, 0.3) is 5.56 Å². The SMILES string of the molecule is Cn1ccc2c(P(C)(C)=O)c(C(C)(C)C)ccc2c1=O. The summed E-state index contributed by atoms with van der Waals surface area (Å²) in [6, 6.07) is 5.72. The molecule has 0 saturated carbocycles. The van der Waals surface area contributed by atoms with Gasteiger partial charge >= 0.3 is 0 Å². The number of fused-ring (bicyclic) bond motifs is 1. The van der Waals surface area contributed by atoms with Crippen molar-refractivity contribution in [2.45, 2.75) is 26.2 Å². The van der Waals surface area contributed by atoms with Crippen LogP contribution in [0.4, 0.5) is 0 Å². The number of benzene rings is 1. The largest absolute Gasteiger partial charge is 0.319 e. The van der Waals surface area contributed by atoms with E-state index in [2.05, 4.69) is 20.8 Å². The van der Waals surface area contributed by atoms with E-state index in [1.807, 2.05) is 18.2 Å². The molecule has 1 heterocycles. The Labute approximate surface area is 120 Å². The average Bonchev–Trinajstić information content (AvgIpc) is 2.30. The number of aromatic nitrogens is 1. The Bertz CT molecular complexity index is 775. The highest BCUT2D eigenvalue weighted by atomic mass is 31.2. The minimum atomic E-state index is -2.48. The van der Waals surface area contributed by atoms with Crippen LogP contribution in [0.1, 0.15) is 26.3 Å². The fourth-order valence-corrected chi connectivity index (χ4v) is 4.36. The molecule has 0 aliphatic heterocycles. The summed E-state index contributed by atoms with van der Waals surface area (Å²) in [5.74, 6) is 0. The van der Waals surface area contributed by atoms with Crippen molar-refractivity contribution < 1.29 is 4.57 Å². The van der Waals surface area contributed by atoms with Crippen molar-refractivity contribution in [1.29, 1.82) is 0 Å². The first-order valence-corrected chi connectivity index (χ1v) is 9.32. The Kier molecular flexibility index (Phi) is 3.46. The van der Waals surface area contributed by atoms with Gasteiger partial charge in [-0.05, 0) is 41.8 Å². The second kappa shape index (κ2) is 4.60. The molecule has 4 heteroatoms. The van der Waals surface area contributed by atoms with Gasteiger partial charge in [-0.15, -0.1) is 0 Å². The Morgan fingerprint density at radius 3 is 2.15 bits per heavy atom. The molecule has 0 bridgehead atoms. The lowest BCUT2D eigenvalue weighted by Crippen LogP contribution is -2.26. The van der Waals surface area contributed by atoms with E-state index in [0.717, 1.165) is 16.3 Å². The highest BCUT2D eigenvalue weighted by Gasteiger charge is 2.26. The van der Waals surface area contributed by atoms with Crippen molar-refractivity contribution >= 4 is 23.2 Å². The summed E-state index contributed by atoms with van der Waals surface area (Å²) < 4.78 is 14.3. The molecule has 0 N–H and O–H groups in total. The van der Waals surface area contributed by atoms with E-state index in [9.17, 15) is 9.36 Å². The summed E-state index contributed by atoms with van der Waals surface area (Å²) in [7, 11) is -0.748. The number of nitrogens with zero attached hydrogens (tertiary/aromatic N) is 1. The number of pyridine rings is 1. The molecule has 108 valence electrons. The van der Waals surface area contributed by atoms with Gasteiger partial charge in [-0.3, -0.25) is 4.79 Å². The molecule has 0 radical (unpaired) electrons. The second-order valence-corrected chi connectivity index (χ2v) is 9.90. The molecule has 1 aromatic carbocycles. The van der Waals surface area contributed by atoms with Crippen LogP contribution in [0.5, 0.6) is 0 Å². The van der Waals surface area contributed by atoms with Crippen LogP contribution >= 0.6 is 7.14 Å². The maximum atomic E-state index is 12.8. The van der Waals surface area contributed by atoms with Gasteiger partial charge in [0.1, 0.15) is 7.14 Å². The molecule has 1 aromatic heterocycles. The Morgan fingerprint density at radius 2 is 1.65 bits per heavy atom. The first-order valence-electron chi connectivity index (χ1n) is 6.72. The normalized spacial score (nSPS) is 12.9. The topological polar surface area (TPSA) is 39.1 Å². The summed E-state index contributed by atoms with van der Waals surface area (Å²) in [5, 5.41) is 2.32. The minimum absolute atomic E-state index is 0.0438. The zero-order valence-electron chi connectivity index (χ0n) is 13.0. The summed E-state index contributed by atoms with van der Waals surface area (Å²) in [6.07, 6.45) is 1.75. The second-order valence-electron chi connectivity index (χ2n) is 6.76. The van der Waals surface area contributed by atoms with Gasteiger partial charge in [0.2, 0.25) is 0 Å². The third kappa shape index (κ3) is 2.47. The fraction of sp³-hybridized carbons (Fsp3) is 0.438. The summed E-state index contributed by atoms with van der Waals surface area (Å²) in [6.45, 7) is 9.86. The van der Waals surface area contributed by atoms with Crippen LogP contribution in [-0.2, 0) is 17.0 Å². The molecule has 0 spiro atoms. The van der Waals surface area contributed by atoms with Gasteiger partial charge in [0, 0.05) is 23.9 Å². The van der Waals surface area contributed by atoms with Crippen molar-refractivity contribution in [3.63, 3.8) is 0 Å². The lowest BCUT2D eigenvalue weighted by atomic mass is 9.86. The lowest BCUT2D eigenvalue weighted by Gasteiger charge is -2.26. The maximum absolute atomic E-state index is 12.8. The Morgan fingerprint density at radius 1 is 1.05 bits per heavy atom. The van der Waals surface area contributed by atoms with Gasteiger partial charge in [0.05, 0.1) is 0 Å². The van der Waals surface area contributed by atoms with E-state index in [-0.39, 0.29) is 11.0 Å². The third-order valence-corrected chi connectivity index (χ3v) is 5.14. The number of hydrogen-bond acceptors (Lipinski definition) is 2. The molecule has 0 fully saturated rings. The Balaban J connectivity index is 3.05. The summed E-state index contributed by atoms with van der Waals surface area (Å²) in [5.41, 5.74) is 0.913. The smallest absolute Gasteiger partial charge is 0.258 e. The summed E-state index contributed by atoms with van der Waals surface area (Å²) in [4.78, 5) is 12.2. The van der Waals surface area contributed by atoms with E-state index in [1.54, 1.807) is 31.1 Å².